The van der Waals surface area contributed by atoms with Crippen LogP contribution >= 0.6 is 0 Å². The first kappa shape index (κ1) is 9.65. The predicted octanol–water partition coefficient (Wildman–Crippen LogP) is 1.57. The molecule has 1 atom stereocenters. The Morgan fingerprint density at radius 3 is 3.00 bits per heavy atom. The van der Waals surface area contributed by atoms with Crippen LogP contribution < -0.4 is 5.73 Å². The highest BCUT2D eigenvalue weighted by Crippen LogP contribution is 2.32. The van der Waals surface area contributed by atoms with Crippen LogP contribution in [0.4, 0.5) is 5.69 Å². The van der Waals surface area contributed by atoms with Crippen LogP contribution in [-0.4, -0.2) is 14.9 Å². The van der Waals surface area contributed by atoms with E-state index in [-0.39, 0.29) is 0 Å². The number of hydrogen-bond donors (Lipinski definition) is 1. The van der Waals surface area contributed by atoms with Crippen molar-refractivity contribution in [3.05, 3.63) is 18.3 Å². The van der Waals surface area contributed by atoms with Crippen molar-refractivity contribution in [2.24, 2.45) is 5.92 Å². The largest absolute Gasteiger partial charge is 0.396 e. The smallest absolute Gasteiger partial charge is 0.150 e. The first-order chi connectivity index (χ1) is 6.77. The van der Waals surface area contributed by atoms with Gasteiger partial charge in [-0.3, -0.25) is 4.21 Å². The average molecular weight is 210 g/mol. The molecule has 0 saturated heterocycles. The van der Waals surface area contributed by atoms with Gasteiger partial charge in [0, 0.05) is 11.9 Å². The Kier molecular flexibility index (Phi) is 2.82. The van der Waals surface area contributed by atoms with Crippen LogP contribution in [0.1, 0.15) is 19.3 Å². The molecule has 0 aliphatic heterocycles. The second-order valence-corrected chi connectivity index (χ2v) is 5.17. The molecule has 0 bridgehead atoms. The lowest BCUT2D eigenvalue weighted by atomic mass is 10.3. The SMILES string of the molecule is Nc1cccnc1S(=O)CCC1CC1. The molecule has 0 aromatic carbocycles. The second kappa shape index (κ2) is 4.09. The van der Waals surface area contributed by atoms with Crippen molar-refractivity contribution in [1.82, 2.24) is 4.98 Å². The Bertz CT molecular complexity index is 350. The van der Waals surface area contributed by atoms with Crippen molar-refractivity contribution in [3.63, 3.8) is 0 Å². The van der Waals surface area contributed by atoms with Crippen molar-refractivity contribution in [2.45, 2.75) is 24.3 Å². The zero-order chi connectivity index (χ0) is 9.97. The quantitative estimate of drug-likeness (QED) is 0.820. The fourth-order valence-corrected chi connectivity index (χ4v) is 2.62. The summed E-state index contributed by atoms with van der Waals surface area (Å²) in [6.07, 6.45) is 5.28. The maximum atomic E-state index is 11.8. The zero-order valence-electron chi connectivity index (χ0n) is 7.98. The number of anilines is 1. The lowest BCUT2D eigenvalue weighted by molar-refractivity contribution is 0.674. The average Bonchev–Trinajstić information content (AvgIpc) is 2.98. The lowest BCUT2D eigenvalue weighted by Crippen LogP contribution is -2.04. The van der Waals surface area contributed by atoms with Gasteiger partial charge in [0.25, 0.3) is 0 Å². The van der Waals surface area contributed by atoms with E-state index in [1.807, 2.05) is 0 Å². The predicted molar refractivity (Wildman–Crippen MR) is 57.3 cm³/mol. The maximum Gasteiger partial charge on any atom is 0.150 e. The molecule has 1 aromatic rings. The minimum Gasteiger partial charge on any atom is -0.396 e. The number of hydrogen-bond acceptors (Lipinski definition) is 3. The van der Waals surface area contributed by atoms with Gasteiger partial charge in [-0.05, 0) is 24.5 Å². The first-order valence-corrected chi connectivity index (χ1v) is 6.18. The molecule has 0 radical (unpaired) electrons. The molecule has 0 spiro atoms. The fraction of sp³-hybridized carbons (Fsp3) is 0.500. The topological polar surface area (TPSA) is 56.0 Å². The Morgan fingerprint density at radius 1 is 1.57 bits per heavy atom. The third-order valence-corrected chi connectivity index (χ3v) is 3.80. The van der Waals surface area contributed by atoms with Crippen LogP contribution in [0, 0.1) is 5.92 Å². The summed E-state index contributed by atoms with van der Waals surface area (Å²) < 4.78 is 11.8. The summed E-state index contributed by atoms with van der Waals surface area (Å²) in [7, 11) is -1.01. The highest BCUT2D eigenvalue weighted by atomic mass is 32.2. The molecule has 1 aromatic heterocycles. The molecule has 1 heterocycles. The molecule has 1 fully saturated rings. The highest BCUT2D eigenvalue weighted by Gasteiger charge is 2.22. The Morgan fingerprint density at radius 2 is 2.36 bits per heavy atom. The van der Waals surface area contributed by atoms with Gasteiger partial charge >= 0.3 is 0 Å². The van der Waals surface area contributed by atoms with Crippen LogP contribution in [0.15, 0.2) is 23.4 Å². The van der Waals surface area contributed by atoms with E-state index in [4.69, 9.17) is 5.73 Å². The molecule has 4 heteroatoms. The number of nitrogens with zero attached hydrogens (tertiary/aromatic N) is 1. The van der Waals surface area contributed by atoms with Crippen LogP contribution in [0.25, 0.3) is 0 Å². The summed E-state index contributed by atoms with van der Waals surface area (Å²) in [5.41, 5.74) is 6.23. The van der Waals surface area contributed by atoms with Gasteiger partial charge in [0.15, 0.2) is 0 Å². The van der Waals surface area contributed by atoms with Crippen molar-refractivity contribution in [3.8, 4) is 0 Å². The van der Waals surface area contributed by atoms with Gasteiger partial charge in [-0.15, -0.1) is 0 Å². The van der Waals surface area contributed by atoms with Gasteiger partial charge in [0.1, 0.15) is 5.03 Å². The summed E-state index contributed by atoms with van der Waals surface area (Å²) in [5.74, 6) is 1.51. The summed E-state index contributed by atoms with van der Waals surface area (Å²) in [6, 6.07) is 3.51. The Hall–Kier alpha value is -0.900. The fourth-order valence-electron chi connectivity index (χ4n) is 1.37. The second-order valence-electron chi connectivity index (χ2n) is 3.68. The van der Waals surface area contributed by atoms with E-state index < -0.39 is 10.8 Å². The zero-order valence-corrected chi connectivity index (χ0v) is 8.80. The van der Waals surface area contributed by atoms with Gasteiger partial charge in [0.05, 0.1) is 16.5 Å². The van der Waals surface area contributed by atoms with E-state index in [0.29, 0.717) is 16.5 Å². The number of nitrogens with two attached hydrogens (primary N) is 1. The van der Waals surface area contributed by atoms with Crippen LogP contribution in [0.5, 0.6) is 0 Å². The third-order valence-electron chi connectivity index (χ3n) is 2.42. The van der Waals surface area contributed by atoms with Crippen molar-refractivity contribution in [1.29, 1.82) is 0 Å². The minimum atomic E-state index is -1.01. The van der Waals surface area contributed by atoms with E-state index in [2.05, 4.69) is 4.98 Å². The molecular formula is C10H14N2OS. The van der Waals surface area contributed by atoms with Gasteiger partial charge in [-0.2, -0.15) is 0 Å². The normalized spacial score (nSPS) is 18.0. The molecule has 0 amide bonds. The minimum absolute atomic E-state index is 0.543. The molecule has 1 aliphatic carbocycles. The Labute approximate surface area is 86.2 Å². The molecule has 2 rings (SSSR count). The van der Waals surface area contributed by atoms with Gasteiger partial charge in [-0.25, -0.2) is 4.98 Å². The molecule has 1 saturated carbocycles. The van der Waals surface area contributed by atoms with Crippen LogP contribution in [0.3, 0.4) is 0 Å². The lowest BCUT2D eigenvalue weighted by Gasteiger charge is -2.03. The van der Waals surface area contributed by atoms with E-state index in [0.717, 1.165) is 12.3 Å². The number of rotatable bonds is 4. The summed E-state index contributed by atoms with van der Waals surface area (Å²) >= 11 is 0. The van der Waals surface area contributed by atoms with Crippen LogP contribution in [-0.2, 0) is 10.8 Å². The van der Waals surface area contributed by atoms with Crippen molar-refractivity contribution >= 4 is 16.5 Å². The standard InChI is InChI=1S/C10H14N2OS/c11-9-2-1-6-12-10(9)14(13)7-5-8-3-4-8/h1-2,6,8H,3-5,7,11H2. The molecule has 14 heavy (non-hydrogen) atoms. The summed E-state index contributed by atoms with van der Waals surface area (Å²) in [6.45, 7) is 0. The van der Waals surface area contributed by atoms with Gasteiger partial charge in [-0.1, -0.05) is 12.8 Å². The summed E-state index contributed by atoms with van der Waals surface area (Å²) in [5, 5.41) is 0.549. The van der Waals surface area contributed by atoms with Crippen molar-refractivity contribution in [2.75, 3.05) is 11.5 Å². The molecule has 3 nitrogen and oxygen atoms in total. The number of pyridine rings is 1. The first-order valence-electron chi connectivity index (χ1n) is 4.86. The molecule has 2 N–H and O–H groups in total. The third kappa shape index (κ3) is 2.32. The molecule has 76 valence electrons. The number of nitrogen functional groups attached to an aromatic ring is 1. The van der Waals surface area contributed by atoms with Crippen molar-refractivity contribution < 1.29 is 4.21 Å². The molecule has 1 aliphatic rings. The Balaban J connectivity index is 1.98. The number of aromatic nitrogens is 1. The van der Waals surface area contributed by atoms with Gasteiger partial charge in [0.2, 0.25) is 0 Å². The highest BCUT2D eigenvalue weighted by molar-refractivity contribution is 7.85. The monoisotopic (exact) mass is 210 g/mol. The molecule has 1 unspecified atom stereocenters. The maximum absolute atomic E-state index is 11.8. The van der Waals surface area contributed by atoms with Gasteiger partial charge < -0.3 is 5.73 Å². The van der Waals surface area contributed by atoms with E-state index >= 15 is 0 Å². The summed E-state index contributed by atoms with van der Waals surface area (Å²) in [4.78, 5) is 4.05. The van der Waals surface area contributed by atoms with E-state index in [1.54, 1.807) is 18.3 Å². The van der Waals surface area contributed by atoms with Crippen LogP contribution in [0.2, 0.25) is 0 Å². The molecular weight excluding hydrogens is 196 g/mol. The van der Waals surface area contributed by atoms with E-state index in [1.165, 1.54) is 12.8 Å². The van der Waals surface area contributed by atoms with E-state index in [9.17, 15) is 4.21 Å².